The van der Waals surface area contributed by atoms with Crippen LogP contribution in [0, 0.1) is 13.8 Å². The number of halogens is 1. The number of benzene rings is 3. The summed E-state index contributed by atoms with van der Waals surface area (Å²) in [6, 6.07) is 16.4. The molecule has 0 radical (unpaired) electrons. The molecular weight excluding hydrogens is 476 g/mol. The topological polar surface area (TPSA) is 84.9 Å². The number of hydrogen-bond acceptors (Lipinski definition) is 5. The number of nitrogens with zero attached hydrogens (tertiary/aromatic N) is 1. The Hall–Kier alpha value is -3.23. The average molecular weight is 503 g/mol. The monoisotopic (exact) mass is 502 g/mol. The Bertz CT molecular complexity index is 1280. The largest absolute Gasteiger partial charge is 0.493 e. The average Bonchev–Trinajstić information content (AvgIpc) is 2.83. The van der Waals surface area contributed by atoms with Crippen LogP contribution in [0.5, 0.6) is 11.5 Å². The number of ether oxygens (including phenoxy) is 2. The lowest BCUT2D eigenvalue weighted by molar-refractivity contribution is -0.119. The fourth-order valence-electron chi connectivity index (χ4n) is 3.31. The molecule has 0 aliphatic rings. The van der Waals surface area contributed by atoms with Crippen LogP contribution >= 0.6 is 11.6 Å². The van der Waals surface area contributed by atoms with Crippen LogP contribution in [0.25, 0.3) is 0 Å². The van der Waals surface area contributed by atoms with Gasteiger partial charge in [0.15, 0.2) is 11.5 Å². The van der Waals surface area contributed by atoms with Crippen LogP contribution < -0.4 is 19.1 Å². The molecule has 3 rings (SSSR count). The molecule has 0 fully saturated rings. The maximum Gasteiger partial charge on any atom is 0.264 e. The molecule has 0 saturated carbocycles. The van der Waals surface area contributed by atoms with Crippen molar-refractivity contribution in [3.63, 3.8) is 0 Å². The van der Waals surface area contributed by atoms with E-state index in [1.165, 1.54) is 31.4 Å². The number of hydrogen-bond donors (Lipinski definition) is 1. The van der Waals surface area contributed by atoms with E-state index in [9.17, 15) is 13.2 Å². The molecule has 9 heteroatoms. The number of rotatable bonds is 9. The number of nitrogens with one attached hydrogen (secondary N) is 1. The van der Waals surface area contributed by atoms with Crippen LogP contribution in [0.15, 0.2) is 65.6 Å². The summed E-state index contributed by atoms with van der Waals surface area (Å²) in [7, 11) is -0.946. The van der Waals surface area contributed by atoms with E-state index in [2.05, 4.69) is 5.32 Å². The number of anilines is 1. The molecule has 7 nitrogen and oxygen atoms in total. The third kappa shape index (κ3) is 5.81. The first-order valence-electron chi connectivity index (χ1n) is 10.5. The first kappa shape index (κ1) is 25.4. The molecule has 0 bridgehead atoms. The minimum absolute atomic E-state index is 0.0443. The second kappa shape index (κ2) is 10.8. The summed E-state index contributed by atoms with van der Waals surface area (Å²) in [4.78, 5) is 12.9. The van der Waals surface area contributed by atoms with Crippen molar-refractivity contribution in [2.24, 2.45) is 0 Å². The zero-order valence-corrected chi connectivity index (χ0v) is 21.0. The van der Waals surface area contributed by atoms with Crippen LogP contribution in [-0.2, 0) is 21.4 Å². The number of carbonyl (C=O) groups excluding carboxylic acids is 1. The first-order chi connectivity index (χ1) is 16.1. The summed E-state index contributed by atoms with van der Waals surface area (Å²) in [6.07, 6.45) is 0. The van der Waals surface area contributed by atoms with Crippen molar-refractivity contribution in [1.29, 1.82) is 0 Å². The van der Waals surface area contributed by atoms with E-state index in [0.717, 1.165) is 21.0 Å². The number of amides is 1. The van der Waals surface area contributed by atoms with Gasteiger partial charge in [-0.2, -0.15) is 0 Å². The van der Waals surface area contributed by atoms with Gasteiger partial charge in [-0.3, -0.25) is 9.10 Å². The Labute approximate surface area is 205 Å². The molecule has 180 valence electrons. The molecule has 0 aliphatic carbocycles. The molecular formula is C25H27ClN2O5S. The number of aryl methyl sites for hydroxylation is 2. The summed E-state index contributed by atoms with van der Waals surface area (Å²) >= 11 is 5.93. The van der Waals surface area contributed by atoms with Gasteiger partial charge in [-0.15, -0.1) is 0 Å². The van der Waals surface area contributed by atoms with Gasteiger partial charge in [-0.1, -0.05) is 23.7 Å². The zero-order chi connectivity index (χ0) is 24.9. The van der Waals surface area contributed by atoms with Crippen molar-refractivity contribution in [2.45, 2.75) is 25.3 Å². The molecule has 0 atom stereocenters. The Kier molecular flexibility index (Phi) is 8.06. The lowest BCUT2D eigenvalue weighted by Crippen LogP contribution is -2.40. The fraction of sp³-hybridized carbons (Fsp3) is 0.240. The van der Waals surface area contributed by atoms with Gasteiger partial charge in [-0.25, -0.2) is 8.42 Å². The molecule has 3 aromatic carbocycles. The highest BCUT2D eigenvalue weighted by molar-refractivity contribution is 7.92. The third-order valence-corrected chi connectivity index (χ3v) is 7.45. The summed E-state index contributed by atoms with van der Waals surface area (Å²) in [5.74, 6) is 0.662. The van der Waals surface area contributed by atoms with Crippen molar-refractivity contribution in [3.8, 4) is 11.5 Å². The normalized spacial score (nSPS) is 11.1. The van der Waals surface area contributed by atoms with Crippen molar-refractivity contribution in [1.82, 2.24) is 5.32 Å². The molecule has 1 amide bonds. The van der Waals surface area contributed by atoms with Gasteiger partial charge < -0.3 is 14.8 Å². The quantitative estimate of drug-likeness (QED) is 0.466. The predicted molar refractivity (Wildman–Crippen MR) is 133 cm³/mol. The van der Waals surface area contributed by atoms with Crippen molar-refractivity contribution < 1.29 is 22.7 Å². The van der Waals surface area contributed by atoms with Gasteiger partial charge in [-0.05, 0) is 79.1 Å². The van der Waals surface area contributed by atoms with Crippen molar-refractivity contribution >= 4 is 33.2 Å². The van der Waals surface area contributed by atoms with Crippen LogP contribution in [0.4, 0.5) is 5.69 Å². The highest BCUT2D eigenvalue weighted by Crippen LogP contribution is 2.28. The first-order valence-corrected chi connectivity index (χ1v) is 12.3. The molecule has 0 unspecified atom stereocenters. The number of sulfonamides is 1. The Balaban J connectivity index is 1.86. The lowest BCUT2D eigenvalue weighted by atomic mass is 10.1. The van der Waals surface area contributed by atoms with E-state index in [4.69, 9.17) is 21.1 Å². The highest BCUT2D eigenvalue weighted by atomic mass is 35.5. The smallest absolute Gasteiger partial charge is 0.264 e. The predicted octanol–water partition coefficient (Wildman–Crippen LogP) is 4.49. The second-order valence-electron chi connectivity index (χ2n) is 7.70. The maximum atomic E-state index is 13.5. The molecule has 0 aliphatic heterocycles. The molecule has 1 N–H and O–H groups in total. The van der Waals surface area contributed by atoms with Crippen LogP contribution in [0.2, 0.25) is 5.02 Å². The fourth-order valence-corrected chi connectivity index (χ4v) is 4.85. The SMILES string of the molecule is COc1ccc(CNC(=O)CN(c2ccc(C)c(C)c2)S(=O)(=O)c2ccc(Cl)cc2)cc1OC. The summed E-state index contributed by atoms with van der Waals surface area (Å²) in [5, 5.41) is 3.20. The van der Waals surface area contributed by atoms with E-state index in [0.29, 0.717) is 22.2 Å². The lowest BCUT2D eigenvalue weighted by Gasteiger charge is -2.25. The summed E-state index contributed by atoms with van der Waals surface area (Å²) < 4.78 is 38.6. The maximum absolute atomic E-state index is 13.5. The standard InChI is InChI=1S/C25H27ClN2O5S/c1-17-5-9-21(13-18(17)2)28(34(30,31)22-10-7-20(26)8-11-22)16-25(29)27-15-19-6-12-23(32-3)24(14-19)33-4/h5-14H,15-16H2,1-4H3,(H,27,29). The van der Waals surface area contributed by atoms with E-state index in [1.54, 1.807) is 37.4 Å². The molecule has 0 aromatic heterocycles. The zero-order valence-electron chi connectivity index (χ0n) is 19.5. The highest BCUT2D eigenvalue weighted by Gasteiger charge is 2.27. The van der Waals surface area contributed by atoms with E-state index in [1.807, 2.05) is 19.9 Å². The van der Waals surface area contributed by atoms with Gasteiger partial charge in [0, 0.05) is 11.6 Å². The minimum Gasteiger partial charge on any atom is -0.493 e. The van der Waals surface area contributed by atoms with E-state index < -0.39 is 15.9 Å². The van der Waals surface area contributed by atoms with Crippen LogP contribution in [-0.4, -0.2) is 35.1 Å². The molecule has 0 saturated heterocycles. The Morgan fingerprint density at radius 3 is 2.21 bits per heavy atom. The second-order valence-corrected chi connectivity index (χ2v) is 10.00. The number of methoxy groups -OCH3 is 2. The van der Waals surface area contributed by atoms with Crippen LogP contribution in [0.1, 0.15) is 16.7 Å². The van der Waals surface area contributed by atoms with Crippen molar-refractivity contribution in [2.75, 3.05) is 25.1 Å². The Morgan fingerprint density at radius 2 is 1.59 bits per heavy atom. The minimum atomic E-state index is -4.02. The van der Waals surface area contributed by atoms with E-state index >= 15 is 0 Å². The molecule has 0 spiro atoms. The van der Waals surface area contributed by atoms with Gasteiger partial charge in [0.25, 0.3) is 10.0 Å². The molecule has 34 heavy (non-hydrogen) atoms. The van der Waals surface area contributed by atoms with Gasteiger partial charge in [0.05, 0.1) is 24.8 Å². The van der Waals surface area contributed by atoms with Gasteiger partial charge in [0.2, 0.25) is 5.91 Å². The van der Waals surface area contributed by atoms with Gasteiger partial charge >= 0.3 is 0 Å². The van der Waals surface area contributed by atoms with Gasteiger partial charge in [0.1, 0.15) is 6.54 Å². The Morgan fingerprint density at radius 1 is 0.912 bits per heavy atom. The van der Waals surface area contributed by atoms with E-state index in [-0.39, 0.29) is 18.0 Å². The molecule has 3 aromatic rings. The molecule has 0 heterocycles. The van der Waals surface area contributed by atoms with Crippen LogP contribution in [0.3, 0.4) is 0 Å². The number of carbonyl (C=O) groups is 1. The third-order valence-electron chi connectivity index (χ3n) is 5.40. The summed E-state index contributed by atoms with van der Waals surface area (Å²) in [5.41, 5.74) is 3.12. The summed E-state index contributed by atoms with van der Waals surface area (Å²) in [6.45, 7) is 3.64. The van der Waals surface area contributed by atoms with Crippen molar-refractivity contribution in [3.05, 3.63) is 82.4 Å².